The van der Waals surface area contributed by atoms with Gasteiger partial charge in [-0.2, -0.15) is 5.26 Å². The Kier molecular flexibility index (Phi) is 3.27. The number of nitriles is 1. The predicted molar refractivity (Wildman–Crippen MR) is 52.3 cm³/mol. The van der Waals surface area contributed by atoms with Gasteiger partial charge in [-0.1, -0.05) is 6.07 Å². The molecule has 0 aliphatic heterocycles. The van der Waals surface area contributed by atoms with Crippen LogP contribution >= 0.6 is 0 Å². The first-order valence-electron chi connectivity index (χ1n) is 4.26. The lowest BCUT2D eigenvalue weighted by molar-refractivity contribution is 0.694. The SMILES string of the molecule is CC(CC#N)N(C)c1ccccn1. The maximum Gasteiger partial charge on any atom is 0.128 e. The molecule has 0 spiro atoms. The fourth-order valence-electron chi connectivity index (χ4n) is 1.06. The highest BCUT2D eigenvalue weighted by Gasteiger charge is 2.09. The van der Waals surface area contributed by atoms with Crippen molar-refractivity contribution in [3.05, 3.63) is 24.4 Å². The number of rotatable bonds is 3. The van der Waals surface area contributed by atoms with E-state index in [1.165, 1.54) is 0 Å². The molecule has 0 radical (unpaired) electrons. The van der Waals surface area contributed by atoms with Gasteiger partial charge in [0.2, 0.25) is 0 Å². The molecule has 0 saturated carbocycles. The average Bonchev–Trinajstić information content (AvgIpc) is 2.18. The molecule has 1 aromatic rings. The maximum absolute atomic E-state index is 8.54. The van der Waals surface area contributed by atoms with Crippen LogP contribution in [0.15, 0.2) is 24.4 Å². The molecule has 68 valence electrons. The van der Waals surface area contributed by atoms with E-state index < -0.39 is 0 Å². The van der Waals surface area contributed by atoms with Crippen molar-refractivity contribution in [2.45, 2.75) is 19.4 Å². The van der Waals surface area contributed by atoms with Crippen molar-refractivity contribution in [2.24, 2.45) is 0 Å². The van der Waals surface area contributed by atoms with Gasteiger partial charge in [0.05, 0.1) is 12.5 Å². The van der Waals surface area contributed by atoms with Crippen LogP contribution in [0.3, 0.4) is 0 Å². The van der Waals surface area contributed by atoms with E-state index in [2.05, 4.69) is 11.1 Å². The van der Waals surface area contributed by atoms with Gasteiger partial charge in [0.25, 0.3) is 0 Å². The molecule has 3 heteroatoms. The van der Waals surface area contributed by atoms with E-state index in [9.17, 15) is 0 Å². The van der Waals surface area contributed by atoms with Crippen LogP contribution in [0.1, 0.15) is 13.3 Å². The summed E-state index contributed by atoms with van der Waals surface area (Å²) in [6.45, 7) is 2.01. The van der Waals surface area contributed by atoms with E-state index in [4.69, 9.17) is 5.26 Å². The van der Waals surface area contributed by atoms with E-state index >= 15 is 0 Å². The van der Waals surface area contributed by atoms with E-state index in [0.717, 1.165) is 5.82 Å². The zero-order valence-corrected chi connectivity index (χ0v) is 7.94. The van der Waals surface area contributed by atoms with Crippen LogP contribution in [0.5, 0.6) is 0 Å². The smallest absolute Gasteiger partial charge is 0.128 e. The van der Waals surface area contributed by atoms with Crippen LogP contribution in [0.2, 0.25) is 0 Å². The fourth-order valence-corrected chi connectivity index (χ4v) is 1.06. The first-order chi connectivity index (χ1) is 6.25. The van der Waals surface area contributed by atoms with Gasteiger partial charge in [0.1, 0.15) is 5.82 Å². The molecule has 3 nitrogen and oxygen atoms in total. The van der Waals surface area contributed by atoms with Gasteiger partial charge in [0, 0.05) is 19.3 Å². The lowest BCUT2D eigenvalue weighted by Crippen LogP contribution is -2.28. The highest BCUT2D eigenvalue weighted by molar-refractivity contribution is 5.37. The van der Waals surface area contributed by atoms with Crippen LogP contribution in [0, 0.1) is 11.3 Å². The molecule has 0 fully saturated rings. The normalized spacial score (nSPS) is 11.8. The monoisotopic (exact) mass is 175 g/mol. The second-order valence-electron chi connectivity index (χ2n) is 3.01. The van der Waals surface area contributed by atoms with E-state index in [-0.39, 0.29) is 6.04 Å². The molecule has 0 saturated heterocycles. The van der Waals surface area contributed by atoms with Crippen LogP contribution in [0.4, 0.5) is 5.82 Å². The first-order valence-corrected chi connectivity index (χ1v) is 4.26. The van der Waals surface area contributed by atoms with Crippen LogP contribution in [0.25, 0.3) is 0 Å². The summed E-state index contributed by atoms with van der Waals surface area (Å²) >= 11 is 0. The van der Waals surface area contributed by atoms with Crippen molar-refractivity contribution in [1.29, 1.82) is 5.26 Å². The van der Waals surface area contributed by atoms with Crippen molar-refractivity contribution in [1.82, 2.24) is 4.98 Å². The Morgan fingerprint density at radius 1 is 1.62 bits per heavy atom. The Morgan fingerprint density at radius 2 is 2.38 bits per heavy atom. The Balaban J connectivity index is 2.69. The number of nitrogens with zero attached hydrogens (tertiary/aromatic N) is 3. The minimum absolute atomic E-state index is 0.208. The third-order valence-corrected chi connectivity index (χ3v) is 2.06. The molecule has 1 rings (SSSR count). The Bertz CT molecular complexity index is 289. The Hall–Kier alpha value is -1.56. The molecule has 1 atom stereocenters. The van der Waals surface area contributed by atoms with Crippen molar-refractivity contribution in [3.8, 4) is 6.07 Å². The third-order valence-electron chi connectivity index (χ3n) is 2.06. The van der Waals surface area contributed by atoms with Gasteiger partial charge >= 0.3 is 0 Å². The quantitative estimate of drug-likeness (QED) is 0.703. The summed E-state index contributed by atoms with van der Waals surface area (Å²) in [6, 6.07) is 8.12. The highest BCUT2D eigenvalue weighted by atomic mass is 15.2. The second kappa shape index (κ2) is 4.46. The third kappa shape index (κ3) is 2.45. The van der Waals surface area contributed by atoms with Crippen LogP contribution in [-0.4, -0.2) is 18.1 Å². The fraction of sp³-hybridized carbons (Fsp3) is 0.400. The largest absolute Gasteiger partial charge is 0.356 e. The summed E-state index contributed by atoms with van der Waals surface area (Å²) in [7, 11) is 1.95. The van der Waals surface area contributed by atoms with Gasteiger partial charge < -0.3 is 4.90 Å². The van der Waals surface area contributed by atoms with E-state index in [0.29, 0.717) is 6.42 Å². The number of pyridine rings is 1. The first kappa shape index (κ1) is 9.53. The van der Waals surface area contributed by atoms with E-state index in [1.807, 2.05) is 37.1 Å². The Labute approximate surface area is 78.6 Å². The number of hydrogen-bond acceptors (Lipinski definition) is 3. The van der Waals surface area contributed by atoms with Crippen LogP contribution < -0.4 is 4.90 Å². The number of hydrogen-bond donors (Lipinski definition) is 0. The molecule has 0 aliphatic rings. The minimum atomic E-state index is 0.208. The topological polar surface area (TPSA) is 39.9 Å². The second-order valence-corrected chi connectivity index (χ2v) is 3.01. The summed E-state index contributed by atoms with van der Waals surface area (Å²) in [6.07, 6.45) is 2.28. The minimum Gasteiger partial charge on any atom is -0.356 e. The molecule has 1 heterocycles. The molecule has 1 unspecified atom stereocenters. The molecule has 1 aromatic heterocycles. The molecule has 0 aliphatic carbocycles. The Morgan fingerprint density at radius 3 is 2.92 bits per heavy atom. The van der Waals surface area contributed by atoms with Crippen LogP contribution in [-0.2, 0) is 0 Å². The molecule has 0 N–H and O–H groups in total. The van der Waals surface area contributed by atoms with Crippen molar-refractivity contribution in [2.75, 3.05) is 11.9 Å². The molecule has 0 bridgehead atoms. The van der Waals surface area contributed by atoms with E-state index in [1.54, 1.807) is 6.20 Å². The number of aromatic nitrogens is 1. The summed E-state index contributed by atoms with van der Waals surface area (Å²) < 4.78 is 0. The standard InChI is InChI=1S/C10H13N3/c1-9(6-7-11)13(2)10-5-3-4-8-12-10/h3-5,8-9H,6H2,1-2H3. The summed E-state index contributed by atoms with van der Waals surface area (Å²) in [5, 5.41) is 8.54. The molecule has 0 aromatic carbocycles. The molecular formula is C10H13N3. The summed E-state index contributed by atoms with van der Waals surface area (Å²) in [4.78, 5) is 6.20. The zero-order valence-electron chi connectivity index (χ0n) is 7.94. The van der Waals surface area contributed by atoms with Crippen molar-refractivity contribution in [3.63, 3.8) is 0 Å². The summed E-state index contributed by atoms with van der Waals surface area (Å²) in [5.41, 5.74) is 0. The maximum atomic E-state index is 8.54. The predicted octanol–water partition coefficient (Wildman–Crippen LogP) is 1.82. The lowest BCUT2D eigenvalue weighted by atomic mass is 10.2. The van der Waals surface area contributed by atoms with Crippen molar-refractivity contribution < 1.29 is 0 Å². The summed E-state index contributed by atoms with van der Waals surface area (Å²) in [5.74, 6) is 0.908. The highest BCUT2D eigenvalue weighted by Crippen LogP contribution is 2.11. The zero-order chi connectivity index (χ0) is 9.68. The average molecular weight is 175 g/mol. The van der Waals surface area contributed by atoms with Gasteiger partial charge in [-0.3, -0.25) is 0 Å². The molecule has 0 amide bonds. The lowest BCUT2D eigenvalue weighted by Gasteiger charge is -2.23. The van der Waals surface area contributed by atoms with Gasteiger partial charge in [-0.25, -0.2) is 4.98 Å². The van der Waals surface area contributed by atoms with Gasteiger partial charge in [0.15, 0.2) is 0 Å². The van der Waals surface area contributed by atoms with Crippen molar-refractivity contribution >= 4 is 5.82 Å². The number of anilines is 1. The molecule has 13 heavy (non-hydrogen) atoms. The molecular weight excluding hydrogens is 162 g/mol. The van der Waals surface area contributed by atoms with Gasteiger partial charge in [-0.05, 0) is 19.1 Å². The van der Waals surface area contributed by atoms with Gasteiger partial charge in [-0.15, -0.1) is 0 Å².